The predicted octanol–water partition coefficient (Wildman–Crippen LogP) is 4.91. The van der Waals surface area contributed by atoms with E-state index in [0.29, 0.717) is 22.6 Å². The minimum absolute atomic E-state index is 0.232. The summed E-state index contributed by atoms with van der Waals surface area (Å²) in [6.45, 7) is 3.74. The maximum absolute atomic E-state index is 11.4. The number of nitrogens with one attached hydrogen (secondary N) is 1. The molecule has 0 aliphatic carbocycles. The maximum Gasteiger partial charge on any atom is 0.214 e. The average molecular weight is 431 g/mol. The first-order valence-corrected chi connectivity index (χ1v) is 9.13. The van der Waals surface area contributed by atoms with Crippen molar-refractivity contribution in [1.82, 2.24) is 4.98 Å². The Bertz CT molecular complexity index is 983. The third-order valence-corrected chi connectivity index (χ3v) is 4.92. The van der Waals surface area contributed by atoms with E-state index in [0.717, 1.165) is 22.0 Å². The molecule has 0 aliphatic rings. The molecule has 3 rings (SSSR count). The average Bonchev–Trinajstić information content (AvgIpc) is 3.08. The molecular weight excluding hydrogens is 412 g/mol. The zero-order valence-electron chi connectivity index (χ0n) is 14.8. The number of methoxy groups -OCH3 is 1. The number of benzene rings is 2. The van der Waals surface area contributed by atoms with Crippen LogP contribution >= 0.6 is 15.9 Å². The van der Waals surface area contributed by atoms with Gasteiger partial charge in [0.1, 0.15) is 6.61 Å². The van der Waals surface area contributed by atoms with Crippen molar-refractivity contribution in [3.05, 3.63) is 81.0 Å². The van der Waals surface area contributed by atoms with E-state index in [-0.39, 0.29) is 11.5 Å². The van der Waals surface area contributed by atoms with Crippen LogP contribution in [-0.4, -0.2) is 30.2 Å². The Morgan fingerprint density at radius 2 is 2.15 bits per heavy atom. The number of fused-ring (bicyclic) bond motifs is 1. The second kappa shape index (κ2) is 8.26. The number of nitro groups is 1. The Kier molecular flexibility index (Phi) is 5.81. The number of ether oxygens (including phenoxy) is 2. The molecule has 0 saturated carbocycles. The molecule has 0 aliphatic heterocycles. The second-order valence-corrected chi connectivity index (χ2v) is 6.85. The number of para-hydroxylation sites is 1. The number of hydrogen-bond acceptors (Lipinski definition) is 4. The first-order chi connectivity index (χ1) is 13.0. The van der Waals surface area contributed by atoms with Crippen molar-refractivity contribution in [2.45, 2.75) is 5.92 Å². The van der Waals surface area contributed by atoms with Gasteiger partial charge in [0, 0.05) is 22.0 Å². The summed E-state index contributed by atoms with van der Waals surface area (Å²) in [4.78, 5) is 14.3. The van der Waals surface area contributed by atoms with E-state index in [4.69, 9.17) is 9.47 Å². The van der Waals surface area contributed by atoms with E-state index < -0.39 is 5.92 Å². The van der Waals surface area contributed by atoms with E-state index >= 15 is 0 Å². The van der Waals surface area contributed by atoms with Gasteiger partial charge in [-0.2, -0.15) is 0 Å². The van der Waals surface area contributed by atoms with Crippen LogP contribution in [0.3, 0.4) is 0 Å². The van der Waals surface area contributed by atoms with Gasteiger partial charge >= 0.3 is 0 Å². The summed E-state index contributed by atoms with van der Waals surface area (Å²) in [5, 5.41) is 12.3. The largest absolute Gasteiger partial charge is 0.493 e. The van der Waals surface area contributed by atoms with Gasteiger partial charge in [0.15, 0.2) is 11.5 Å². The fraction of sp³-hybridized carbons (Fsp3) is 0.200. The smallest absolute Gasteiger partial charge is 0.214 e. The standard InChI is InChI=1S/C20H19BrN2O4/c1-3-8-27-20-17(21)9-13(10-19(20)26-2)16(12-23(24)25)15-11-22-18-7-5-4-6-14(15)18/h3-7,9-11,16,22H,1,8,12H2,2H3/t16-/m0/s1. The summed E-state index contributed by atoms with van der Waals surface area (Å²) in [6, 6.07) is 11.4. The van der Waals surface area contributed by atoms with Crippen LogP contribution < -0.4 is 9.47 Å². The third-order valence-electron chi connectivity index (χ3n) is 4.33. The zero-order valence-corrected chi connectivity index (χ0v) is 16.4. The highest BCUT2D eigenvalue weighted by Gasteiger charge is 2.25. The molecule has 7 heteroatoms. The van der Waals surface area contributed by atoms with Crippen LogP contribution in [0.25, 0.3) is 10.9 Å². The molecule has 0 bridgehead atoms. The Labute approximate surface area is 165 Å². The monoisotopic (exact) mass is 430 g/mol. The Balaban J connectivity index is 2.12. The van der Waals surface area contributed by atoms with Crippen LogP contribution in [0.15, 0.2) is 59.7 Å². The summed E-state index contributed by atoms with van der Waals surface area (Å²) in [7, 11) is 1.54. The van der Waals surface area contributed by atoms with Gasteiger partial charge in [-0.3, -0.25) is 10.1 Å². The Morgan fingerprint density at radius 3 is 2.85 bits per heavy atom. The number of aromatic amines is 1. The van der Waals surface area contributed by atoms with Crippen LogP contribution in [0.4, 0.5) is 0 Å². The van der Waals surface area contributed by atoms with Crippen molar-refractivity contribution in [3.63, 3.8) is 0 Å². The molecule has 3 aromatic rings. The van der Waals surface area contributed by atoms with Gasteiger partial charge in [-0.05, 0) is 45.3 Å². The lowest BCUT2D eigenvalue weighted by Gasteiger charge is -2.18. The minimum atomic E-state index is -0.435. The van der Waals surface area contributed by atoms with E-state index in [1.54, 1.807) is 19.3 Å². The summed E-state index contributed by atoms with van der Waals surface area (Å²) < 4.78 is 11.8. The lowest BCUT2D eigenvalue weighted by molar-refractivity contribution is -0.481. The lowest BCUT2D eigenvalue weighted by Crippen LogP contribution is -2.14. The molecule has 0 fully saturated rings. The Hall–Kier alpha value is -2.80. The highest BCUT2D eigenvalue weighted by atomic mass is 79.9. The maximum atomic E-state index is 11.4. The number of nitrogens with zero attached hydrogens (tertiary/aromatic N) is 1. The van der Waals surface area contributed by atoms with Gasteiger partial charge in [0.25, 0.3) is 0 Å². The second-order valence-electron chi connectivity index (χ2n) is 5.99. The summed E-state index contributed by atoms with van der Waals surface area (Å²) in [5.74, 6) is 0.615. The molecule has 2 aromatic carbocycles. The SMILES string of the molecule is C=CCOc1c(Br)cc([C@H](C[N+](=O)[O-])c2c[nH]c3ccccc23)cc1OC. The van der Waals surface area contributed by atoms with Gasteiger partial charge in [-0.15, -0.1) is 0 Å². The minimum Gasteiger partial charge on any atom is -0.493 e. The van der Waals surface area contributed by atoms with Gasteiger partial charge < -0.3 is 14.5 Å². The molecule has 0 amide bonds. The van der Waals surface area contributed by atoms with Crippen molar-refractivity contribution < 1.29 is 14.4 Å². The topological polar surface area (TPSA) is 77.4 Å². The Morgan fingerprint density at radius 1 is 1.37 bits per heavy atom. The predicted molar refractivity (Wildman–Crippen MR) is 108 cm³/mol. The quantitative estimate of drug-likeness (QED) is 0.312. The van der Waals surface area contributed by atoms with Crippen LogP contribution in [0.1, 0.15) is 17.0 Å². The van der Waals surface area contributed by atoms with E-state index in [9.17, 15) is 10.1 Å². The number of hydrogen-bond donors (Lipinski definition) is 1. The van der Waals surface area contributed by atoms with Gasteiger partial charge in [-0.1, -0.05) is 30.9 Å². The number of H-pyrrole nitrogens is 1. The van der Waals surface area contributed by atoms with Gasteiger partial charge in [-0.25, -0.2) is 0 Å². The molecule has 1 N–H and O–H groups in total. The highest BCUT2D eigenvalue weighted by Crippen LogP contribution is 2.41. The van der Waals surface area contributed by atoms with Gasteiger partial charge in [0.2, 0.25) is 6.54 Å². The van der Waals surface area contributed by atoms with Crippen molar-refractivity contribution >= 4 is 26.8 Å². The van der Waals surface area contributed by atoms with Crippen molar-refractivity contribution in [2.24, 2.45) is 0 Å². The summed E-state index contributed by atoms with van der Waals surface area (Å²) in [5.41, 5.74) is 2.58. The summed E-state index contributed by atoms with van der Waals surface area (Å²) >= 11 is 3.50. The fourth-order valence-corrected chi connectivity index (χ4v) is 3.71. The molecule has 1 atom stereocenters. The molecular formula is C20H19BrN2O4. The van der Waals surface area contributed by atoms with E-state index in [2.05, 4.69) is 27.5 Å². The molecule has 1 heterocycles. The first-order valence-electron chi connectivity index (χ1n) is 8.34. The molecule has 0 spiro atoms. The molecule has 0 saturated heterocycles. The van der Waals surface area contributed by atoms with Crippen LogP contribution in [0.5, 0.6) is 11.5 Å². The van der Waals surface area contributed by atoms with Crippen LogP contribution in [0, 0.1) is 10.1 Å². The molecule has 0 unspecified atom stereocenters. The first kappa shape index (κ1) is 19.0. The van der Waals surface area contributed by atoms with E-state index in [1.807, 2.05) is 36.5 Å². The zero-order chi connectivity index (χ0) is 19.4. The van der Waals surface area contributed by atoms with Crippen molar-refractivity contribution in [3.8, 4) is 11.5 Å². The normalized spacial score (nSPS) is 11.9. The number of rotatable bonds is 8. The van der Waals surface area contributed by atoms with Crippen LogP contribution in [0.2, 0.25) is 0 Å². The molecule has 27 heavy (non-hydrogen) atoms. The molecule has 6 nitrogen and oxygen atoms in total. The fourth-order valence-electron chi connectivity index (χ4n) is 3.14. The highest BCUT2D eigenvalue weighted by molar-refractivity contribution is 9.10. The van der Waals surface area contributed by atoms with Crippen LogP contribution in [-0.2, 0) is 0 Å². The molecule has 0 radical (unpaired) electrons. The molecule has 140 valence electrons. The van der Waals surface area contributed by atoms with Crippen molar-refractivity contribution in [1.29, 1.82) is 0 Å². The van der Waals surface area contributed by atoms with Gasteiger partial charge in [0.05, 0.1) is 17.5 Å². The number of halogens is 1. The van der Waals surface area contributed by atoms with Crippen molar-refractivity contribution in [2.75, 3.05) is 20.3 Å². The lowest BCUT2D eigenvalue weighted by atomic mass is 9.90. The third kappa shape index (κ3) is 3.98. The number of aromatic nitrogens is 1. The van der Waals surface area contributed by atoms with E-state index in [1.165, 1.54) is 0 Å². The summed E-state index contributed by atoms with van der Waals surface area (Å²) in [6.07, 6.45) is 3.47. The molecule has 1 aromatic heterocycles.